The first kappa shape index (κ1) is 13.5. The zero-order valence-electron chi connectivity index (χ0n) is 10.2. The fourth-order valence-corrected chi connectivity index (χ4v) is 1.51. The van der Waals surface area contributed by atoms with Crippen LogP contribution < -0.4 is 10.6 Å². The van der Waals surface area contributed by atoms with Crippen LogP contribution in [0.25, 0.3) is 0 Å². The topological polar surface area (TPSA) is 61.4 Å². The summed E-state index contributed by atoms with van der Waals surface area (Å²) in [7, 11) is 0. The lowest BCUT2D eigenvalue weighted by Gasteiger charge is -2.06. The molecule has 0 aromatic heterocycles. The van der Waals surface area contributed by atoms with Crippen molar-refractivity contribution in [2.24, 2.45) is 0 Å². The summed E-state index contributed by atoms with van der Waals surface area (Å²) in [6.07, 6.45) is 1.15. The van der Waals surface area contributed by atoms with Crippen LogP contribution in [0.3, 0.4) is 0 Å². The number of hydrogen-bond acceptors (Lipinski definition) is 3. The highest BCUT2D eigenvalue weighted by atomic mass is 16.3. The van der Waals surface area contributed by atoms with Crippen molar-refractivity contribution in [3.8, 4) is 5.75 Å². The predicted octanol–water partition coefficient (Wildman–Crippen LogP) is 1.05. The van der Waals surface area contributed by atoms with Gasteiger partial charge in [0.15, 0.2) is 0 Å². The van der Waals surface area contributed by atoms with Gasteiger partial charge >= 0.3 is 0 Å². The van der Waals surface area contributed by atoms with Crippen LogP contribution in [0.1, 0.15) is 18.9 Å². The first-order valence-corrected chi connectivity index (χ1v) is 5.98. The molecule has 1 rings (SSSR count). The first-order chi connectivity index (χ1) is 8.24. The number of amides is 1. The number of benzene rings is 1. The van der Waals surface area contributed by atoms with Gasteiger partial charge < -0.3 is 15.7 Å². The molecule has 1 amide bonds. The molecular weight excluding hydrogens is 216 g/mol. The molecule has 0 spiro atoms. The summed E-state index contributed by atoms with van der Waals surface area (Å²) in [6, 6.07) is 6.90. The van der Waals surface area contributed by atoms with Crippen molar-refractivity contribution >= 4 is 5.91 Å². The summed E-state index contributed by atoms with van der Waals surface area (Å²) in [4.78, 5) is 11.6. The van der Waals surface area contributed by atoms with E-state index in [0.29, 0.717) is 12.1 Å². The average molecular weight is 236 g/mol. The summed E-state index contributed by atoms with van der Waals surface area (Å²) in [5, 5.41) is 15.5. The molecule has 94 valence electrons. The molecule has 17 heavy (non-hydrogen) atoms. The van der Waals surface area contributed by atoms with Crippen LogP contribution in [0.5, 0.6) is 5.75 Å². The molecule has 0 atom stereocenters. The van der Waals surface area contributed by atoms with Gasteiger partial charge in [-0.05, 0) is 25.6 Å². The second-order valence-electron chi connectivity index (χ2n) is 3.86. The van der Waals surface area contributed by atoms with Crippen LogP contribution in [0, 0.1) is 0 Å². The van der Waals surface area contributed by atoms with Gasteiger partial charge in [0.1, 0.15) is 5.75 Å². The molecule has 0 aliphatic rings. The maximum Gasteiger partial charge on any atom is 0.224 e. The Balaban J connectivity index is 2.23. The van der Waals surface area contributed by atoms with Crippen molar-refractivity contribution in [3.05, 3.63) is 29.8 Å². The molecule has 0 saturated heterocycles. The molecule has 0 radical (unpaired) electrons. The number of carbonyl (C=O) groups excluding carboxylic acids is 1. The molecule has 4 heteroatoms. The standard InChI is InChI=1S/C13H20N2O2/c1-2-14-8-5-9-15-13(17)10-11-6-3-4-7-12(11)16/h3-4,6-7,14,16H,2,5,8-10H2,1H3,(H,15,17). The molecule has 0 saturated carbocycles. The van der Waals surface area contributed by atoms with Crippen LogP contribution in [0.2, 0.25) is 0 Å². The van der Waals surface area contributed by atoms with Gasteiger partial charge in [-0.2, -0.15) is 0 Å². The SMILES string of the molecule is CCNCCCNC(=O)Cc1ccccc1O. The number of rotatable bonds is 7. The molecule has 0 fully saturated rings. The van der Waals surface area contributed by atoms with Gasteiger partial charge in [0.2, 0.25) is 5.91 Å². The van der Waals surface area contributed by atoms with Gasteiger partial charge in [-0.25, -0.2) is 0 Å². The maximum atomic E-state index is 11.6. The highest BCUT2D eigenvalue weighted by Crippen LogP contribution is 2.15. The van der Waals surface area contributed by atoms with Gasteiger partial charge in [0.05, 0.1) is 6.42 Å². The summed E-state index contributed by atoms with van der Waals surface area (Å²) < 4.78 is 0. The molecule has 0 aliphatic heterocycles. The van der Waals surface area contributed by atoms with E-state index in [0.717, 1.165) is 19.5 Å². The van der Waals surface area contributed by atoms with Crippen LogP contribution in [-0.4, -0.2) is 30.6 Å². The minimum absolute atomic E-state index is 0.0528. The minimum atomic E-state index is -0.0528. The zero-order valence-corrected chi connectivity index (χ0v) is 10.2. The Morgan fingerprint density at radius 2 is 2.06 bits per heavy atom. The van der Waals surface area contributed by atoms with Crippen LogP contribution in [0.15, 0.2) is 24.3 Å². The minimum Gasteiger partial charge on any atom is -0.508 e. The Morgan fingerprint density at radius 3 is 2.76 bits per heavy atom. The summed E-state index contributed by atoms with van der Waals surface area (Å²) >= 11 is 0. The lowest BCUT2D eigenvalue weighted by atomic mass is 10.1. The average Bonchev–Trinajstić information content (AvgIpc) is 2.32. The van der Waals surface area contributed by atoms with E-state index in [1.54, 1.807) is 18.2 Å². The highest BCUT2D eigenvalue weighted by Gasteiger charge is 2.05. The number of nitrogens with one attached hydrogen (secondary N) is 2. The van der Waals surface area contributed by atoms with E-state index < -0.39 is 0 Å². The predicted molar refractivity (Wildman–Crippen MR) is 68.0 cm³/mol. The van der Waals surface area contributed by atoms with Crippen molar-refractivity contribution < 1.29 is 9.90 Å². The Morgan fingerprint density at radius 1 is 1.29 bits per heavy atom. The summed E-state index contributed by atoms with van der Waals surface area (Å²) in [5.41, 5.74) is 0.664. The van der Waals surface area contributed by atoms with E-state index in [9.17, 15) is 9.90 Å². The first-order valence-electron chi connectivity index (χ1n) is 5.98. The van der Waals surface area contributed by atoms with Crippen molar-refractivity contribution in [2.75, 3.05) is 19.6 Å². The largest absolute Gasteiger partial charge is 0.508 e. The third kappa shape index (κ3) is 5.36. The van der Waals surface area contributed by atoms with Crippen molar-refractivity contribution in [1.29, 1.82) is 0 Å². The van der Waals surface area contributed by atoms with E-state index in [1.807, 2.05) is 6.07 Å². The smallest absolute Gasteiger partial charge is 0.224 e. The lowest BCUT2D eigenvalue weighted by molar-refractivity contribution is -0.120. The monoisotopic (exact) mass is 236 g/mol. The quantitative estimate of drug-likeness (QED) is 0.620. The van der Waals surface area contributed by atoms with Crippen molar-refractivity contribution in [3.63, 3.8) is 0 Å². The van der Waals surface area contributed by atoms with Crippen LogP contribution in [-0.2, 0) is 11.2 Å². The molecule has 4 nitrogen and oxygen atoms in total. The second kappa shape index (κ2) is 7.68. The van der Waals surface area contributed by atoms with Gasteiger partial charge in [-0.1, -0.05) is 25.1 Å². The number of phenolic OH excluding ortho intramolecular Hbond substituents is 1. The second-order valence-corrected chi connectivity index (χ2v) is 3.86. The van der Waals surface area contributed by atoms with Gasteiger partial charge in [0.25, 0.3) is 0 Å². The normalized spacial score (nSPS) is 10.2. The molecule has 1 aromatic carbocycles. The summed E-state index contributed by atoms with van der Waals surface area (Å²) in [5.74, 6) is 0.123. The maximum absolute atomic E-state index is 11.6. The van der Waals surface area contributed by atoms with E-state index in [1.165, 1.54) is 0 Å². The molecular formula is C13H20N2O2. The number of hydrogen-bond donors (Lipinski definition) is 3. The Labute approximate surface area is 102 Å². The number of para-hydroxylation sites is 1. The molecule has 0 aliphatic carbocycles. The molecule has 0 bridgehead atoms. The van der Waals surface area contributed by atoms with Crippen LogP contribution in [0.4, 0.5) is 0 Å². The highest BCUT2D eigenvalue weighted by molar-refractivity contribution is 5.79. The van der Waals surface area contributed by atoms with E-state index >= 15 is 0 Å². The molecule has 1 aromatic rings. The Bertz CT molecular complexity index is 353. The van der Waals surface area contributed by atoms with Gasteiger partial charge in [-0.3, -0.25) is 4.79 Å². The van der Waals surface area contributed by atoms with E-state index in [2.05, 4.69) is 17.6 Å². The third-order valence-corrected chi connectivity index (χ3v) is 2.45. The number of aromatic hydroxyl groups is 1. The van der Waals surface area contributed by atoms with Gasteiger partial charge in [-0.15, -0.1) is 0 Å². The Kier molecular flexibility index (Phi) is 6.10. The molecule has 0 unspecified atom stereocenters. The van der Waals surface area contributed by atoms with E-state index in [4.69, 9.17) is 0 Å². The van der Waals surface area contributed by atoms with Crippen LogP contribution >= 0.6 is 0 Å². The number of phenols is 1. The zero-order chi connectivity index (χ0) is 12.5. The summed E-state index contributed by atoms with van der Waals surface area (Å²) in [6.45, 7) is 4.58. The number of carbonyl (C=O) groups is 1. The van der Waals surface area contributed by atoms with Crippen molar-refractivity contribution in [2.45, 2.75) is 19.8 Å². The lowest BCUT2D eigenvalue weighted by Crippen LogP contribution is -2.28. The van der Waals surface area contributed by atoms with E-state index in [-0.39, 0.29) is 18.1 Å². The van der Waals surface area contributed by atoms with Crippen molar-refractivity contribution in [1.82, 2.24) is 10.6 Å². The third-order valence-electron chi connectivity index (χ3n) is 2.45. The fourth-order valence-electron chi connectivity index (χ4n) is 1.51. The Hall–Kier alpha value is -1.55. The molecule has 3 N–H and O–H groups in total. The fraction of sp³-hybridized carbons (Fsp3) is 0.462. The molecule has 0 heterocycles. The van der Waals surface area contributed by atoms with Gasteiger partial charge in [0, 0.05) is 12.1 Å².